The molecule has 16 heavy (non-hydrogen) atoms. The minimum atomic E-state index is -0.449. The van der Waals surface area contributed by atoms with Gasteiger partial charge in [-0.05, 0) is 29.7 Å². The molecule has 1 atom stereocenters. The normalized spacial score (nSPS) is 13.9. The van der Waals surface area contributed by atoms with E-state index in [0.717, 1.165) is 10.0 Å². The van der Waals surface area contributed by atoms with E-state index >= 15 is 0 Å². The molecular formula is C13H20BrNO. The monoisotopic (exact) mass is 285 g/mol. The number of aliphatic hydroxyl groups is 1. The molecule has 0 spiro atoms. The van der Waals surface area contributed by atoms with Gasteiger partial charge in [-0.15, -0.1) is 0 Å². The second-order valence-electron chi connectivity index (χ2n) is 5.06. The molecule has 0 aliphatic rings. The van der Waals surface area contributed by atoms with Crippen molar-refractivity contribution in [1.82, 2.24) is 5.32 Å². The zero-order valence-electron chi connectivity index (χ0n) is 10.3. The van der Waals surface area contributed by atoms with Crippen LogP contribution in [0.2, 0.25) is 0 Å². The van der Waals surface area contributed by atoms with E-state index in [1.165, 1.54) is 5.56 Å². The van der Waals surface area contributed by atoms with E-state index in [2.05, 4.69) is 48.1 Å². The quantitative estimate of drug-likeness (QED) is 0.895. The second-order valence-corrected chi connectivity index (χ2v) is 5.92. The van der Waals surface area contributed by atoms with Gasteiger partial charge in [-0.25, -0.2) is 0 Å². The Morgan fingerprint density at radius 2 is 2.00 bits per heavy atom. The zero-order chi connectivity index (χ0) is 12.3. The average Bonchev–Trinajstić information content (AvgIpc) is 2.16. The molecule has 0 radical (unpaired) electrons. The first-order valence-corrected chi connectivity index (χ1v) is 6.28. The Kier molecular flexibility index (Phi) is 4.53. The van der Waals surface area contributed by atoms with E-state index in [1.807, 2.05) is 19.2 Å². The molecule has 1 aromatic rings. The number of hydrogen-bond acceptors (Lipinski definition) is 2. The summed E-state index contributed by atoms with van der Waals surface area (Å²) in [6, 6.07) is 6.08. The van der Waals surface area contributed by atoms with Crippen LogP contribution >= 0.6 is 15.9 Å². The van der Waals surface area contributed by atoms with Crippen molar-refractivity contribution in [2.24, 2.45) is 0 Å². The topological polar surface area (TPSA) is 32.3 Å². The summed E-state index contributed by atoms with van der Waals surface area (Å²) in [5, 5.41) is 12.8. The molecule has 0 bridgehead atoms. The van der Waals surface area contributed by atoms with Gasteiger partial charge < -0.3 is 10.4 Å². The van der Waals surface area contributed by atoms with Crippen LogP contribution in [0.15, 0.2) is 22.7 Å². The second kappa shape index (κ2) is 5.30. The largest absolute Gasteiger partial charge is 0.387 e. The van der Waals surface area contributed by atoms with Gasteiger partial charge in [0, 0.05) is 11.0 Å². The molecule has 2 N–H and O–H groups in total. The molecule has 0 aromatic heterocycles. The van der Waals surface area contributed by atoms with Gasteiger partial charge in [0.1, 0.15) is 0 Å². The highest BCUT2D eigenvalue weighted by Gasteiger charge is 2.18. The first-order chi connectivity index (χ1) is 7.36. The lowest BCUT2D eigenvalue weighted by Crippen LogP contribution is -2.17. The lowest BCUT2D eigenvalue weighted by Gasteiger charge is -2.22. The summed E-state index contributed by atoms with van der Waals surface area (Å²) >= 11 is 3.57. The first-order valence-electron chi connectivity index (χ1n) is 5.49. The number of aliphatic hydroxyl groups excluding tert-OH is 1. The Hall–Kier alpha value is -0.380. The first kappa shape index (κ1) is 13.7. The Bertz CT molecular complexity index is 357. The zero-order valence-corrected chi connectivity index (χ0v) is 11.9. The summed E-state index contributed by atoms with van der Waals surface area (Å²) in [6.07, 6.45) is -0.449. The lowest BCUT2D eigenvalue weighted by molar-refractivity contribution is 0.177. The van der Waals surface area contributed by atoms with Crippen LogP contribution in [0.5, 0.6) is 0 Å². The van der Waals surface area contributed by atoms with E-state index in [0.29, 0.717) is 6.54 Å². The van der Waals surface area contributed by atoms with Gasteiger partial charge in [0.25, 0.3) is 0 Å². The highest BCUT2D eigenvalue weighted by Crippen LogP contribution is 2.31. The summed E-state index contributed by atoms with van der Waals surface area (Å²) in [5.74, 6) is 0. The lowest BCUT2D eigenvalue weighted by atomic mass is 9.86. The van der Waals surface area contributed by atoms with Crippen molar-refractivity contribution in [3.63, 3.8) is 0 Å². The van der Waals surface area contributed by atoms with Gasteiger partial charge in [-0.1, -0.05) is 48.8 Å². The minimum Gasteiger partial charge on any atom is -0.387 e. The Morgan fingerprint density at radius 1 is 1.38 bits per heavy atom. The van der Waals surface area contributed by atoms with Crippen LogP contribution in [0.25, 0.3) is 0 Å². The van der Waals surface area contributed by atoms with Crippen LogP contribution in [0.4, 0.5) is 0 Å². The molecule has 0 saturated heterocycles. The number of hydrogen-bond donors (Lipinski definition) is 2. The van der Waals surface area contributed by atoms with Crippen molar-refractivity contribution in [3.8, 4) is 0 Å². The molecule has 3 heteroatoms. The average molecular weight is 286 g/mol. The molecule has 0 fully saturated rings. The van der Waals surface area contributed by atoms with Crippen LogP contribution in [0, 0.1) is 0 Å². The summed E-state index contributed by atoms with van der Waals surface area (Å²) in [6.45, 7) is 7.10. The van der Waals surface area contributed by atoms with Gasteiger partial charge >= 0.3 is 0 Å². The standard InChI is InChI=1S/C13H20BrNO/c1-13(2,3)10-6-5-9(7-11(10)14)12(16)8-15-4/h5-7,12,15-16H,8H2,1-4H3. The Morgan fingerprint density at radius 3 is 2.44 bits per heavy atom. The SMILES string of the molecule is CNCC(O)c1ccc(C(C)(C)C)c(Br)c1. The van der Waals surface area contributed by atoms with Gasteiger partial charge in [0.05, 0.1) is 6.10 Å². The number of benzene rings is 1. The Balaban J connectivity index is 3.00. The smallest absolute Gasteiger partial charge is 0.0914 e. The fourth-order valence-corrected chi connectivity index (χ4v) is 2.65. The van der Waals surface area contributed by atoms with Crippen molar-refractivity contribution >= 4 is 15.9 Å². The third kappa shape index (κ3) is 3.30. The number of likely N-dealkylation sites (N-methyl/N-ethyl adjacent to an activating group) is 1. The molecule has 0 aliphatic carbocycles. The predicted molar refractivity (Wildman–Crippen MR) is 71.7 cm³/mol. The molecule has 1 unspecified atom stereocenters. The molecule has 0 aliphatic heterocycles. The highest BCUT2D eigenvalue weighted by molar-refractivity contribution is 9.10. The fraction of sp³-hybridized carbons (Fsp3) is 0.538. The minimum absolute atomic E-state index is 0.116. The van der Waals surface area contributed by atoms with E-state index < -0.39 is 6.10 Å². The van der Waals surface area contributed by atoms with Crippen molar-refractivity contribution < 1.29 is 5.11 Å². The predicted octanol–water partition coefficient (Wildman–Crippen LogP) is 3.00. The van der Waals surface area contributed by atoms with E-state index in [4.69, 9.17) is 0 Å². The van der Waals surface area contributed by atoms with Crippen LogP contribution in [0.3, 0.4) is 0 Å². The van der Waals surface area contributed by atoms with E-state index in [-0.39, 0.29) is 5.41 Å². The van der Waals surface area contributed by atoms with Crippen molar-refractivity contribution in [3.05, 3.63) is 33.8 Å². The molecule has 1 rings (SSSR count). The van der Waals surface area contributed by atoms with Crippen LogP contribution < -0.4 is 5.32 Å². The Labute approximate surface area is 106 Å². The summed E-state index contributed by atoms with van der Waals surface area (Å²) in [4.78, 5) is 0. The summed E-state index contributed by atoms with van der Waals surface area (Å²) < 4.78 is 1.06. The maximum atomic E-state index is 9.86. The molecule has 1 aromatic carbocycles. The van der Waals surface area contributed by atoms with Gasteiger partial charge in [-0.2, -0.15) is 0 Å². The van der Waals surface area contributed by atoms with Crippen LogP contribution in [0.1, 0.15) is 38.0 Å². The van der Waals surface area contributed by atoms with Crippen LogP contribution in [-0.4, -0.2) is 18.7 Å². The molecule has 0 heterocycles. The molecule has 2 nitrogen and oxygen atoms in total. The molecular weight excluding hydrogens is 266 g/mol. The van der Waals surface area contributed by atoms with Crippen molar-refractivity contribution in [2.45, 2.75) is 32.3 Å². The molecule has 0 saturated carbocycles. The summed E-state index contributed by atoms with van der Waals surface area (Å²) in [7, 11) is 1.84. The van der Waals surface area contributed by atoms with Gasteiger partial charge in [0.15, 0.2) is 0 Å². The maximum Gasteiger partial charge on any atom is 0.0914 e. The van der Waals surface area contributed by atoms with Gasteiger partial charge in [0.2, 0.25) is 0 Å². The van der Waals surface area contributed by atoms with Gasteiger partial charge in [-0.3, -0.25) is 0 Å². The van der Waals surface area contributed by atoms with E-state index in [9.17, 15) is 5.11 Å². The molecule has 0 amide bonds. The number of nitrogens with one attached hydrogen (secondary N) is 1. The van der Waals surface area contributed by atoms with E-state index in [1.54, 1.807) is 0 Å². The molecule has 90 valence electrons. The third-order valence-electron chi connectivity index (χ3n) is 2.58. The fourth-order valence-electron chi connectivity index (χ4n) is 1.66. The third-order valence-corrected chi connectivity index (χ3v) is 3.24. The maximum absolute atomic E-state index is 9.86. The van der Waals surface area contributed by atoms with Crippen molar-refractivity contribution in [1.29, 1.82) is 0 Å². The highest BCUT2D eigenvalue weighted by atomic mass is 79.9. The number of halogens is 1. The van der Waals surface area contributed by atoms with Crippen LogP contribution in [-0.2, 0) is 5.41 Å². The summed E-state index contributed by atoms with van der Waals surface area (Å²) in [5.41, 5.74) is 2.31. The van der Waals surface area contributed by atoms with Crippen molar-refractivity contribution in [2.75, 3.05) is 13.6 Å². The number of rotatable bonds is 3.